The van der Waals surface area contributed by atoms with Crippen LogP contribution in [0.25, 0.3) is 0 Å². The Morgan fingerprint density at radius 1 is 1.06 bits per heavy atom. The summed E-state index contributed by atoms with van der Waals surface area (Å²) in [5.74, 6) is 0.842. The van der Waals surface area contributed by atoms with Crippen LogP contribution in [0, 0.1) is 5.92 Å². The molecule has 3 fully saturated rings. The normalized spacial score (nSPS) is 45.4. The van der Waals surface area contributed by atoms with Crippen LogP contribution in [0.4, 0.5) is 0 Å². The van der Waals surface area contributed by atoms with Crippen molar-refractivity contribution < 1.29 is 5.11 Å². The summed E-state index contributed by atoms with van der Waals surface area (Å²) >= 11 is 0. The SMILES string of the molecule is CN1C2CCCC1CC(O)(CC1CCC1)C2. The Hall–Kier alpha value is -0.0800. The number of aliphatic hydroxyl groups is 1. The molecule has 1 aliphatic carbocycles. The molecular formula is C14H25NO. The molecule has 0 aromatic heterocycles. The highest BCUT2D eigenvalue weighted by molar-refractivity contribution is 4.99. The second kappa shape index (κ2) is 3.99. The van der Waals surface area contributed by atoms with Crippen LogP contribution in [0.5, 0.6) is 0 Å². The number of hydrogen-bond donors (Lipinski definition) is 1. The maximum atomic E-state index is 10.8. The zero-order chi connectivity index (χ0) is 11.2. The van der Waals surface area contributed by atoms with Gasteiger partial charge >= 0.3 is 0 Å². The molecule has 1 saturated carbocycles. The highest BCUT2D eigenvalue weighted by Crippen LogP contribution is 2.44. The van der Waals surface area contributed by atoms with E-state index in [4.69, 9.17) is 0 Å². The van der Waals surface area contributed by atoms with Crippen LogP contribution >= 0.6 is 0 Å². The minimum absolute atomic E-state index is 0.312. The van der Waals surface area contributed by atoms with Gasteiger partial charge in [-0.25, -0.2) is 0 Å². The summed E-state index contributed by atoms with van der Waals surface area (Å²) in [6.07, 6.45) is 11.3. The summed E-state index contributed by atoms with van der Waals surface area (Å²) in [5.41, 5.74) is -0.312. The fraction of sp³-hybridized carbons (Fsp3) is 1.00. The lowest BCUT2D eigenvalue weighted by Gasteiger charge is -2.52. The summed E-state index contributed by atoms with van der Waals surface area (Å²) in [7, 11) is 2.26. The monoisotopic (exact) mass is 223 g/mol. The number of nitrogens with zero attached hydrogens (tertiary/aromatic N) is 1. The van der Waals surface area contributed by atoms with E-state index in [0.717, 1.165) is 25.2 Å². The minimum atomic E-state index is -0.312. The van der Waals surface area contributed by atoms with Crippen molar-refractivity contribution in [3.05, 3.63) is 0 Å². The first-order chi connectivity index (χ1) is 7.66. The van der Waals surface area contributed by atoms with Crippen molar-refractivity contribution in [3.63, 3.8) is 0 Å². The Bertz CT molecular complexity index is 247. The number of fused-ring (bicyclic) bond motifs is 2. The maximum absolute atomic E-state index is 10.8. The predicted octanol–water partition coefficient (Wildman–Crippen LogP) is 2.55. The molecule has 0 aromatic rings. The molecule has 2 saturated heterocycles. The molecule has 2 bridgehead atoms. The molecule has 2 nitrogen and oxygen atoms in total. The lowest BCUT2D eigenvalue weighted by Crippen LogP contribution is -2.56. The smallest absolute Gasteiger partial charge is 0.0680 e. The molecule has 92 valence electrons. The average molecular weight is 223 g/mol. The van der Waals surface area contributed by atoms with Crippen LogP contribution < -0.4 is 0 Å². The topological polar surface area (TPSA) is 23.5 Å². The Kier molecular flexibility index (Phi) is 2.75. The Morgan fingerprint density at radius 2 is 1.62 bits per heavy atom. The maximum Gasteiger partial charge on any atom is 0.0680 e. The van der Waals surface area contributed by atoms with Crippen molar-refractivity contribution >= 4 is 0 Å². The van der Waals surface area contributed by atoms with E-state index >= 15 is 0 Å². The number of rotatable bonds is 2. The van der Waals surface area contributed by atoms with Gasteiger partial charge in [-0.15, -0.1) is 0 Å². The zero-order valence-electron chi connectivity index (χ0n) is 10.5. The third-order valence-corrected chi connectivity index (χ3v) is 5.35. The van der Waals surface area contributed by atoms with Crippen molar-refractivity contribution in [2.45, 2.75) is 75.5 Å². The fourth-order valence-electron chi connectivity index (χ4n) is 4.15. The van der Waals surface area contributed by atoms with Crippen molar-refractivity contribution in [1.29, 1.82) is 0 Å². The van der Waals surface area contributed by atoms with E-state index in [-0.39, 0.29) is 5.60 Å². The molecule has 0 radical (unpaired) electrons. The van der Waals surface area contributed by atoms with E-state index < -0.39 is 0 Å². The summed E-state index contributed by atoms with van der Waals surface area (Å²) in [6, 6.07) is 1.33. The minimum Gasteiger partial charge on any atom is -0.390 e. The molecular weight excluding hydrogens is 198 g/mol. The number of piperidine rings is 2. The molecule has 2 unspecified atom stereocenters. The second-order valence-electron chi connectivity index (χ2n) is 6.54. The molecule has 3 aliphatic rings. The molecule has 16 heavy (non-hydrogen) atoms. The standard InChI is InChI=1S/C14H25NO/c1-15-12-6-3-7-13(15)10-14(16,9-12)8-11-4-2-5-11/h11-13,16H,2-10H2,1H3. The van der Waals surface area contributed by atoms with Crippen LogP contribution in [0.1, 0.15) is 57.8 Å². The van der Waals surface area contributed by atoms with E-state index in [1.54, 1.807) is 0 Å². The molecule has 2 heterocycles. The highest BCUT2D eigenvalue weighted by Gasteiger charge is 2.45. The molecule has 2 heteroatoms. The zero-order valence-corrected chi connectivity index (χ0v) is 10.5. The lowest BCUT2D eigenvalue weighted by molar-refractivity contribution is -0.0989. The molecule has 2 aliphatic heterocycles. The van der Waals surface area contributed by atoms with E-state index in [9.17, 15) is 5.11 Å². The number of hydrogen-bond acceptors (Lipinski definition) is 2. The Morgan fingerprint density at radius 3 is 2.12 bits per heavy atom. The third-order valence-electron chi connectivity index (χ3n) is 5.35. The van der Waals surface area contributed by atoms with Crippen LogP contribution in [0.3, 0.4) is 0 Å². The molecule has 0 aromatic carbocycles. The molecule has 3 rings (SSSR count). The van der Waals surface area contributed by atoms with Gasteiger partial charge in [0, 0.05) is 12.1 Å². The van der Waals surface area contributed by atoms with Gasteiger partial charge in [-0.1, -0.05) is 25.7 Å². The molecule has 0 amide bonds. The van der Waals surface area contributed by atoms with Gasteiger partial charge in [-0.2, -0.15) is 0 Å². The predicted molar refractivity (Wildman–Crippen MR) is 65.3 cm³/mol. The Labute approximate surface area is 99.0 Å². The van der Waals surface area contributed by atoms with E-state index in [0.29, 0.717) is 12.1 Å². The first-order valence-corrected chi connectivity index (χ1v) is 7.11. The lowest BCUT2D eigenvalue weighted by atomic mass is 9.69. The summed E-state index contributed by atoms with van der Waals surface area (Å²) in [4.78, 5) is 2.54. The van der Waals surface area contributed by atoms with Crippen molar-refractivity contribution in [3.8, 4) is 0 Å². The molecule has 2 atom stereocenters. The van der Waals surface area contributed by atoms with Gasteiger partial charge in [0.1, 0.15) is 0 Å². The second-order valence-corrected chi connectivity index (χ2v) is 6.54. The van der Waals surface area contributed by atoms with Crippen molar-refractivity contribution in [2.75, 3.05) is 7.05 Å². The van der Waals surface area contributed by atoms with E-state index in [1.807, 2.05) is 0 Å². The first-order valence-electron chi connectivity index (χ1n) is 7.11. The Balaban J connectivity index is 1.67. The summed E-state index contributed by atoms with van der Waals surface area (Å²) < 4.78 is 0. The van der Waals surface area contributed by atoms with Gasteiger partial charge in [0.25, 0.3) is 0 Å². The molecule has 0 spiro atoms. The van der Waals surface area contributed by atoms with Gasteiger partial charge in [-0.3, -0.25) is 0 Å². The van der Waals surface area contributed by atoms with E-state index in [1.165, 1.54) is 38.5 Å². The van der Waals surface area contributed by atoms with Gasteiger partial charge < -0.3 is 10.0 Å². The highest BCUT2D eigenvalue weighted by atomic mass is 16.3. The van der Waals surface area contributed by atoms with Gasteiger partial charge in [0.05, 0.1) is 5.60 Å². The van der Waals surface area contributed by atoms with E-state index in [2.05, 4.69) is 11.9 Å². The first kappa shape index (κ1) is 11.0. The largest absolute Gasteiger partial charge is 0.390 e. The van der Waals surface area contributed by atoms with Gasteiger partial charge in [-0.05, 0) is 45.1 Å². The third kappa shape index (κ3) is 1.91. The van der Waals surface area contributed by atoms with Gasteiger partial charge in [0.2, 0.25) is 0 Å². The summed E-state index contributed by atoms with van der Waals surface area (Å²) in [6.45, 7) is 0. The van der Waals surface area contributed by atoms with Crippen LogP contribution in [0.15, 0.2) is 0 Å². The van der Waals surface area contributed by atoms with Gasteiger partial charge in [0.15, 0.2) is 0 Å². The fourth-order valence-corrected chi connectivity index (χ4v) is 4.15. The quantitative estimate of drug-likeness (QED) is 0.777. The molecule has 1 N–H and O–H groups in total. The van der Waals surface area contributed by atoms with Crippen molar-refractivity contribution in [2.24, 2.45) is 5.92 Å². The summed E-state index contributed by atoms with van der Waals surface area (Å²) in [5, 5.41) is 10.8. The van der Waals surface area contributed by atoms with Crippen LogP contribution in [0.2, 0.25) is 0 Å². The van der Waals surface area contributed by atoms with Crippen molar-refractivity contribution in [1.82, 2.24) is 4.90 Å². The average Bonchev–Trinajstić information content (AvgIpc) is 2.15. The van der Waals surface area contributed by atoms with Crippen LogP contribution in [-0.4, -0.2) is 34.7 Å². The van der Waals surface area contributed by atoms with Crippen LogP contribution in [-0.2, 0) is 0 Å².